The lowest BCUT2D eigenvalue weighted by Gasteiger charge is -2.40. The first kappa shape index (κ1) is 31.4. The Morgan fingerprint density at radius 2 is 1.27 bits per heavy atom. The van der Waals surface area contributed by atoms with Crippen molar-refractivity contribution in [3.63, 3.8) is 0 Å². The summed E-state index contributed by atoms with van der Waals surface area (Å²) in [6, 6.07) is 10.2. The van der Waals surface area contributed by atoms with E-state index in [1.807, 2.05) is 0 Å². The summed E-state index contributed by atoms with van der Waals surface area (Å²) >= 11 is 0. The normalized spacial score (nSPS) is 22.4. The van der Waals surface area contributed by atoms with Gasteiger partial charge in [-0.1, -0.05) is 12.1 Å². The highest BCUT2D eigenvalue weighted by atomic mass is 16.7. The molecule has 0 bridgehead atoms. The van der Waals surface area contributed by atoms with Gasteiger partial charge in [0.1, 0.15) is 24.9 Å². The average Bonchev–Trinajstić information content (AvgIpc) is 3.00. The molecule has 0 unspecified atom stereocenters. The second-order valence-corrected chi connectivity index (χ2v) is 8.69. The molecule has 41 heavy (non-hydrogen) atoms. The highest BCUT2D eigenvalue weighted by Gasteiger charge is 2.47. The molecule has 1 heterocycles. The molecule has 0 aliphatic carbocycles. The van der Waals surface area contributed by atoms with Gasteiger partial charge < -0.3 is 48.1 Å². The number of ether oxygens (including phenoxy) is 8. The van der Waals surface area contributed by atoms with Gasteiger partial charge in [0.2, 0.25) is 0 Å². The number of hydrogen-bond acceptors (Lipinski definition) is 12. The summed E-state index contributed by atoms with van der Waals surface area (Å²) in [5.74, 6) is 0.512. The lowest BCUT2D eigenvalue weighted by atomic mass is 9.99. The van der Waals surface area contributed by atoms with Crippen LogP contribution < -0.4 is 18.9 Å². The van der Waals surface area contributed by atoms with E-state index in [-0.39, 0.29) is 0 Å². The number of carbonyl (C=O) groups excluding carboxylic acids is 2. The first-order chi connectivity index (χ1) is 19.7. The van der Waals surface area contributed by atoms with Gasteiger partial charge in [-0.2, -0.15) is 0 Å². The number of aliphatic hydroxyl groups excluding tert-OH is 2. The van der Waals surface area contributed by atoms with Gasteiger partial charge >= 0.3 is 11.9 Å². The summed E-state index contributed by atoms with van der Waals surface area (Å²) in [5.41, 5.74) is 1.29. The van der Waals surface area contributed by atoms with Gasteiger partial charge in [-0.3, -0.25) is 0 Å². The molecule has 1 fully saturated rings. The Kier molecular flexibility index (Phi) is 11.5. The summed E-state index contributed by atoms with van der Waals surface area (Å²) in [6.45, 7) is -0.396. The van der Waals surface area contributed by atoms with Gasteiger partial charge in [0.05, 0.1) is 28.4 Å². The van der Waals surface area contributed by atoms with Crippen molar-refractivity contribution in [2.45, 2.75) is 30.7 Å². The van der Waals surface area contributed by atoms with Crippen molar-refractivity contribution >= 4 is 24.1 Å². The van der Waals surface area contributed by atoms with Crippen LogP contribution in [0.15, 0.2) is 48.6 Å². The second kappa shape index (κ2) is 15.1. The molecule has 0 radical (unpaired) electrons. The summed E-state index contributed by atoms with van der Waals surface area (Å²) in [6.07, 6.45) is -1.54. The van der Waals surface area contributed by atoms with Crippen LogP contribution in [-0.4, -0.2) is 95.0 Å². The molecule has 2 aromatic carbocycles. The Morgan fingerprint density at radius 1 is 0.756 bits per heavy atom. The summed E-state index contributed by atoms with van der Waals surface area (Å²) < 4.78 is 42.2. The standard InChI is InChI=1S/C29H34O12/c1-34-19-10-6-17(14-21(19)36-3)8-12-24(30)39-16-23-26(32)27(33)28(29(38-5)40-23)41-25(31)13-9-18-7-11-20(35-2)22(15-18)37-4/h6-15,23,26-29,32-33H,16H2,1-5H3/b12-8+,13-9+/t23-,26-,27+,28-,29+/m1/s1. The van der Waals surface area contributed by atoms with E-state index in [0.717, 1.165) is 6.08 Å². The van der Waals surface area contributed by atoms with E-state index in [1.54, 1.807) is 36.4 Å². The second-order valence-electron chi connectivity index (χ2n) is 8.69. The third kappa shape index (κ3) is 8.21. The zero-order valence-corrected chi connectivity index (χ0v) is 23.3. The molecule has 0 amide bonds. The first-order valence-corrected chi connectivity index (χ1v) is 12.5. The van der Waals surface area contributed by atoms with Crippen LogP contribution in [0.4, 0.5) is 0 Å². The zero-order valence-electron chi connectivity index (χ0n) is 23.3. The molecule has 2 aromatic rings. The Morgan fingerprint density at radius 3 is 1.76 bits per heavy atom. The molecule has 12 heteroatoms. The fraction of sp³-hybridized carbons (Fsp3) is 0.379. The minimum Gasteiger partial charge on any atom is -0.493 e. The highest BCUT2D eigenvalue weighted by molar-refractivity contribution is 5.88. The van der Waals surface area contributed by atoms with Crippen molar-refractivity contribution in [3.8, 4) is 23.0 Å². The van der Waals surface area contributed by atoms with E-state index in [4.69, 9.17) is 37.9 Å². The minimum atomic E-state index is -1.59. The molecule has 0 spiro atoms. The van der Waals surface area contributed by atoms with E-state index in [2.05, 4.69) is 0 Å². The molecule has 0 saturated carbocycles. The molecule has 1 aliphatic rings. The molecule has 2 N–H and O–H groups in total. The van der Waals surface area contributed by atoms with Gasteiger partial charge in [0.25, 0.3) is 0 Å². The minimum absolute atomic E-state index is 0.396. The van der Waals surface area contributed by atoms with Crippen LogP contribution in [0.1, 0.15) is 11.1 Å². The van der Waals surface area contributed by atoms with E-state index in [9.17, 15) is 19.8 Å². The summed E-state index contributed by atoms with van der Waals surface area (Å²) in [7, 11) is 7.30. The van der Waals surface area contributed by atoms with Gasteiger partial charge in [0.15, 0.2) is 35.4 Å². The largest absolute Gasteiger partial charge is 0.493 e. The van der Waals surface area contributed by atoms with E-state index in [0.29, 0.717) is 34.1 Å². The van der Waals surface area contributed by atoms with E-state index < -0.39 is 49.3 Å². The molecule has 222 valence electrons. The number of rotatable bonds is 12. The monoisotopic (exact) mass is 574 g/mol. The molecule has 1 aliphatic heterocycles. The van der Waals surface area contributed by atoms with Crippen LogP contribution in [0.3, 0.4) is 0 Å². The van der Waals surface area contributed by atoms with Crippen LogP contribution in [0.5, 0.6) is 23.0 Å². The zero-order chi connectivity index (χ0) is 29.9. The fourth-order valence-corrected chi connectivity index (χ4v) is 3.99. The maximum Gasteiger partial charge on any atom is 0.331 e. The number of hydrogen-bond donors (Lipinski definition) is 2. The molecule has 3 rings (SSSR count). The maximum absolute atomic E-state index is 12.5. The Hall–Kier alpha value is -4.10. The number of benzene rings is 2. The lowest BCUT2D eigenvalue weighted by molar-refractivity contribution is -0.297. The topological polar surface area (TPSA) is 148 Å². The molecule has 12 nitrogen and oxygen atoms in total. The van der Waals surface area contributed by atoms with Crippen molar-refractivity contribution in [1.29, 1.82) is 0 Å². The lowest BCUT2D eigenvalue weighted by Crippen LogP contribution is -2.60. The van der Waals surface area contributed by atoms with Crippen molar-refractivity contribution in [3.05, 3.63) is 59.7 Å². The van der Waals surface area contributed by atoms with Gasteiger partial charge in [-0.15, -0.1) is 0 Å². The van der Waals surface area contributed by atoms with Crippen molar-refractivity contribution in [1.82, 2.24) is 0 Å². The summed E-state index contributed by atoms with van der Waals surface area (Å²) in [5, 5.41) is 21.2. The predicted molar refractivity (Wildman–Crippen MR) is 146 cm³/mol. The quantitative estimate of drug-likeness (QED) is 0.282. The third-order valence-electron chi connectivity index (χ3n) is 6.16. The van der Waals surface area contributed by atoms with E-state index >= 15 is 0 Å². The molecular weight excluding hydrogens is 540 g/mol. The Balaban J connectivity index is 1.57. The van der Waals surface area contributed by atoms with Crippen molar-refractivity contribution < 1.29 is 57.7 Å². The van der Waals surface area contributed by atoms with E-state index in [1.165, 1.54) is 53.8 Å². The van der Waals surface area contributed by atoms with Crippen LogP contribution in [0, 0.1) is 0 Å². The van der Waals surface area contributed by atoms with Crippen molar-refractivity contribution in [2.24, 2.45) is 0 Å². The number of carbonyl (C=O) groups is 2. The molecule has 5 atom stereocenters. The van der Waals surface area contributed by atoms with Crippen LogP contribution in [0.2, 0.25) is 0 Å². The maximum atomic E-state index is 12.5. The smallest absolute Gasteiger partial charge is 0.331 e. The predicted octanol–water partition coefficient (Wildman–Crippen LogP) is 2.00. The number of methoxy groups -OCH3 is 5. The fourth-order valence-electron chi connectivity index (χ4n) is 3.99. The molecule has 1 saturated heterocycles. The molecular formula is C29H34O12. The number of esters is 2. The van der Waals surface area contributed by atoms with Crippen LogP contribution >= 0.6 is 0 Å². The van der Waals surface area contributed by atoms with Gasteiger partial charge in [0, 0.05) is 19.3 Å². The molecule has 0 aromatic heterocycles. The third-order valence-corrected chi connectivity index (χ3v) is 6.16. The van der Waals surface area contributed by atoms with Gasteiger partial charge in [-0.05, 0) is 47.5 Å². The Labute approximate surface area is 237 Å². The van der Waals surface area contributed by atoms with Crippen LogP contribution in [-0.2, 0) is 28.5 Å². The summed E-state index contributed by atoms with van der Waals surface area (Å²) in [4.78, 5) is 24.7. The highest BCUT2D eigenvalue weighted by Crippen LogP contribution is 2.29. The first-order valence-electron chi connectivity index (χ1n) is 12.5. The van der Waals surface area contributed by atoms with Crippen LogP contribution in [0.25, 0.3) is 12.2 Å². The van der Waals surface area contributed by atoms with Gasteiger partial charge in [-0.25, -0.2) is 9.59 Å². The SMILES string of the molecule is COc1ccc(/C=C/C(=O)OC[C@H]2O[C@H](OC)[C@H](OC(=O)/C=C/c3ccc(OC)c(OC)c3)[C@@H](O)[C@@H]2O)cc1OC. The number of aliphatic hydroxyl groups is 2. The Bertz CT molecular complexity index is 1240. The van der Waals surface area contributed by atoms with Crippen molar-refractivity contribution in [2.75, 3.05) is 42.2 Å². The average molecular weight is 575 g/mol.